The van der Waals surface area contributed by atoms with Gasteiger partial charge in [0.15, 0.2) is 6.61 Å². The summed E-state index contributed by atoms with van der Waals surface area (Å²) < 4.78 is 6.87. The second-order valence-electron chi connectivity index (χ2n) is 6.41. The van der Waals surface area contributed by atoms with Gasteiger partial charge in [0.2, 0.25) is 0 Å². The molecule has 0 saturated carbocycles. The number of esters is 1. The molecular formula is C22H23N3O3S. The summed E-state index contributed by atoms with van der Waals surface area (Å²) in [6.45, 7) is 3.40. The molecule has 3 rings (SSSR count). The molecule has 0 atom stereocenters. The number of para-hydroxylation sites is 1. The molecule has 1 heterocycles. The van der Waals surface area contributed by atoms with Crippen molar-refractivity contribution >= 4 is 29.3 Å². The van der Waals surface area contributed by atoms with Gasteiger partial charge in [-0.05, 0) is 38.1 Å². The molecule has 0 saturated heterocycles. The van der Waals surface area contributed by atoms with Crippen LogP contribution in [-0.2, 0) is 14.3 Å². The van der Waals surface area contributed by atoms with Crippen molar-refractivity contribution in [2.24, 2.45) is 0 Å². The molecule has 0 aliphatic rings. The van der Waals surface area contributed by atoms with E-state index in [0.717, 1.165) is 16.3 Å². The third kappa shape index (κ3) is 5.71. The van der Waals surface area contributed by atoms with Crippen molar-refractivity contribution in [3.8, 4) is 5.69 Å². The van der Waals surface area contributed by atoms with Crippen molar-refractivity contribution in [3.05, 3.63) is 72.1 Å². The highest BCUT2D eigenvalue weighted by Crippen LogP contribution is 2.22. The molecule has 0 unspecified atom stereocenters. The lowest BCUT2D eigenvalue weighted by atomic mass is 10.3. The standard InChI is InChI=1S/C22H23N3O3S/c1-16-22(17(2)25(24-16)18-9-5-3-6-10-18)23-20(26)15-28-21(27)13-14-29-19-11-7-4-8-12-19/h3-12H,13-15H2,1-2H3,(H,23,26). The normalized spacial score (nSPS) is 10.6. The van der Waals surface area contributed by atoms with E-state index in [4.69, 9.17) is 4.74 Å². The number of aryl methyl sites for hydroxylation is 1. The molecule has 0 aliphatic heterocycles. The first-order chi connectivity index (χ1) is 14.0. The van der Waals surface area contributed by atoms with Gasteiger partial charge in [0.25, 0.3) is 5.91 Å². The van der Waals surface area contributed by atoms with E-state index in [9.17, 15) is 9.59 Å². The molecule has 1 N–H and O–H groups in total. The molecular weight excluding hydrogens is 386 g/mol. The van der Waals surface area contributed by atoms with Gasteiger partial charge >= 0.3 is 5.97 Å². The maximum absolute atomic E-state index is 12.2. The van der Waals surface area contributed by atoms with Crippen LogP contribution >= 0.6 is 11.8 Å². The van der Waals surface area contributed by atoms with Gasteiger partial charge in [0, 0.05) is 10.6 Å². The van der Waals surface area contributed by atoms with Gasteiger partial charge in [-0.1, -0.05) is 36.4 Å². The van der Waals surface area contributed by atoms with Crippen LogP contribution in [0, 0.1) is 13.8 Å². The van der Waals surface area contributed by atoms with Gasteiger partial charge in [-0.25, -0.2) is 4.68 Å². The number of ether oxygens (including phenoxy) is 1. The van der Waals surface area contributed by atoms with E-state index in [1.54, 1.807) is 16.4 Å². The number of hydrogen-bond acceptors (Lipinski definition) is 5. The Kier molecular flexibility index (Phi) is 7.08. The van der Waals surface area contributed by atoms with Crippen molar-refractivity contribution < 1.29 is 14.3 Å². The van der Waals surface area contributed by atoms with Crippen LogP contribution in [0.25, 0.3) is 5.69 Å². The van der Waals surface area contributed by atoms with E-state index in [2.05, 4.69) is 10.4 Å². The molecule has 29 heavy (non-hydrogen) atoms. The lowest BCUT2D eigenvalue weighted by Crippen LogP contribution is -2.21. The molecule has 0 radical (unpaired) electrons. The molecule has 2 aromatic carbocycles. The number of rotatable bonds is 8. The fourth-order valence-corrected chi connectivity index (χ4v) is 3.66. The van der Waals surface area contributed by atoms with Crippen LogP contribution in [0.1, 0.15) is 17.8 Å². The number of carbonyl (C=O) groups is 2. The monoisotopic (exact) mass is 409 g/mol. The Balaban J connectivity index is 1.48. The smallest absolute Gasteiger partial charge is 0.307 e. The first-order valence-corrected chi connectivity index (χ1v) is 10.3. The summed E-state index contributed by atoms with van der Waals surface area (Å²) in [5.41, 5.74) is 3.06. The van der Waals surface area contributed by atoms with E-state index in [0.29, 0.717) is 17.1 Å². The molecule has 0 aliphatic carbocycles. The second-order valence-corrected chi connectivity index (χ2v) is 7.58. The second kappa shape index (κ2) is 9.93. The van der Waals surface area contributed by atoms with Crippen LogP contribution in [-0.4, -0.2) is 34.0 Å². The highest BCUT2D eigenvalue weighted by atomic mass is 32.2. The van der Waals surface area contributed by atoms with Crippen LogP contribution < -0.4 is 5.32 Å². The van der Waals surface area contributed by atoms with Crippen LogP contribution in [0.2, 0.25) is 0 Å². The number of thioether (sulfide) groups is 1. The van der Waals surface area contributed by atoms with Crippen LogP contribution in [0.3, 0.4) is 0 Å². The Morgan fingerprint density at radius 1 is 1.03 bits per heavy atom. The molecule has 1 aromatic heterocycles. The fraction of sp³-hybridized carbons (Fsp3) is 0.227. The molecule has 150 valence electrons. The van der Waals surface area contributed by atoms with E-state index in [-0.39, 0.29) is 18.9 Å². The van der Waals surface area contributed by atoms with E-state index >= 15 is 0 Å². The third-order valence-corrected chi connectivity index (χ3v) is 5.25. The summed E-state index contributed by atoms with van der Waals surface area (Å²) in [4.78, 5) is 25.2. The van der Waals surface area contributed by atoms with Crippen LogP contribution in [0.15, 0.2) is 65.6 Å². The number of amides is 1. The average molecular weight is 410 g/mol. The minimum atomic E-state index is -0.392. The highest BCUT2D eigenvalue weighted by Gasteiger charge is 2.16. The first-order valence-electron chi connectivity index (χ1n) is 9.29. The lowest BCUT2D eigenvalue weighted by molar-refractivity contribution is -0.146. The largest absolute Gasteiger partial charge is 0.456 e. The van der Waals surface area contributed by atoms with Gasteiger partial charge in [0.05, 0.1) is 29.2 Å². The zero-order chi connectivity index (χ0) is 20.6. The summed E-state index contributed by atoms with van der Waals surface area (Å²) in [6.07, 6.45) is 0.247. The summed E-state index contributed by atoms with van der Waals surface area (Å²) in [6, 6.07) is 19.5. The Hall–Kier alpha value is -3.06. The number of benzene rings is 2. The Morgan fingerprint density at radius 2 is 1.69 bits per heavy atom. The number of carbonyl (C=O) groups excluding carboxylic acids is 2. The molecule has 0 fully saturated rings. The maximum Gasteiger partial charge on any atom is 0.307 e. The van der Waals surface area contributed by atoms with E-state index in [1.807, 2.05) is 74.5 Å². The zero-order valence-corrected chi connectivity index (χ0v) is 17.2. The SMILES string of the molecule is Cc1nn(-c2ccccc2)c(C)c1NC(=O)COC(=O)CCSc1ccccc1. The van der Waals surface area contributed by atoms with Gasteiger partial charge in [-0.3, -0.25) is 9.59 Å². The van der Waals surface area contributed by atoms with E-state index < -0.39 is 5.97 Å². The van der Waals surface area contributed by atoms with E-state index in [1.165, 1.54) is 0 Å². The van der Waals surface area contributed by atoms with Crippen molar-refractivity contribution in [2.45, 2.75) is 25.2 Å². The van der Waals surface area contributed by atoms with Crippen molar-refractivity contribution in [1.29, 1.82) is 0 Å². The topological polar surface area (TPSA) is 73.2 Å². The summed E-state index contributed by atoms with van der Waals surface area (Å²) in [5.74, 6) is -0.170. The minimum Gasteiger partial charge on any atom is -0.456 e. The fourth-order valence-electron chi connectivity index (χ4n) is 2.81. The molecule has 6 nitrogen and oxygen atoms in total. The number of hydrogen-bond donors (Lipinski definition) is 1. The number of aromatic nitrogens is 2. The minimum absolute atomic E-state index is 0.247. The lowest BCUT2D eigenvalue weighted by Gasteiger charge is -2.08. The Labute approximate surface area is 174 Å². The Morgan fingerprint density at radius 3 is 2.38 bits per heavy atom. The van der Waals surface area contributed by atoms with Gasteiger partial charge < -0.3 is 10.1 Å². The maximum atomic E-state index is 12.2. The van der Waals surface area contributed by atoms with Crippen molar-refractivity contribution in [2.75, 3.05) is 17.7 Å². The summed E-state index contributed by atoms with van der Waals surface area (Å²) in [7, 11) is 0. The number of nitrogens with one attached hydrogen (secondary N) is 1. The highest BCUT2D eigenvalue weighted by molar-refractivity contribution is 7.99. The average Bonchev–Trinajstić information content (AvgIpc) is 3.02. The summed E-state index contributed by atoms with van der Waals surface area (Å²) in [5, 5.41) is 7.29. The van der Waals surface area contributed by atoms with Gasteiger partial charge in [-0.15, -0.1) is 11.8 Å². The first kappa shape index (κ1) is 20.7. The van der Waals surface area contributed by atoms with Crippen LogP contribution in [0.5, 0.6) is 0 Å². The van der Waals surface area contributed by atoms with Gasteiger partial charge in [-0.2, -0.15) is 5.10 Å². The molecule has 0 spiro atoms. The van der Waals surface area contributed by atoms with Crippen molar-refractivity contribution in [1.82, 2.24) is 9.78 Å². The molecule has 7 heteroatoms. The molecule has 1 amide bonds. The van der Waals surface area contributed by atoms with Crippen molar-refractivity contribution in [3.63, 3.8) is 0 Å². The molecule has 3 aromatic rings. The van der Waals surface area contributed by atoms with Crippen LogP contribution in [0.4, 0.5) is 5.69 Å². The van der Waals surface area contributed by atoms with Gasteiger partial charge in [0.1, 0.15) is 0 Å². The predicted octanol–water partition coefficient (Wildman–Crippen LogP) is 4.15. The third-order valence-electron chi connectivity index (χ3n) is 4.24. The summed E-state index contributed by atoms with van der Waals surface area (Å²) >= 11 is 1.58. The number of nitrogens with zero attached hydrogens (tertiary/aromatic N) is 2. The zero-order valence-electron chi connectivity index (χ0n) is 16.4. The quantitative estimate of drug-likeness (QED) is 0.447. The molecule has 0 bridgehead atoms. The predicted molar refractivity (Wildman–Crippen MR) is 114 cm³/mol. The number of anilines is 1. The Bertz CT molecular complexity index is 972.